The molecule has 1 amide bonds. The van der Waals surface area contributed by atoms with Crippen molar-refractivity contribution >= 4 is 16.8 Å². The van der Waals surface area contributed by atoms with E-state index in [1.54, 1.807) is 0 Å². The zero-order valence-electron chi connectivity index (χ0n) is 11.4. The molecule has 2 aliphatic rings. The SMILES string of the molecule is O=C(NC1CCN2CCCC12)c1ccc2[nH]ccc2c1. The zero-order chi connectivity index (χ0) is 13.5. The van der Waals surface area contributed by atoms with E-state index in [2.05, 4.69) is 15.2 Å². The van der Waals surface area contributed by atoms with Crippen molar-refractivity contribution in [1.29, 1.82) is 0 Å². The fourth-order valence-electron chi connectivity index (χ4n) is 3.70. The summed E-state index contributed by atoms with van der Waals surface area (Å²) in [6, 6.07) is 8.72. The third kappa shape index (κ3) is 1.91. The lowest BCUT2D eigenvalue weighted by Crippen LogP contribution is -2.42. The summed E-state index contributed by atoms with van der Waals surface area (Å²) in [6.07, 6.45) is 5.48. The first-order valence-electron chi connectivity index (χ1n) is 7.43. The summed E-state index contributed by atoms with van der Waals surface area (Å²) in [4.78, 5) is 18.1. The van der Waals surface area contributed by atoms with Crippen molar-refractivity contribution in [2.75, 3.05) is 13.1 Å². The van der Waals surface area contributed by atoms with Crippen LogP contribution in [-0.4, -0.2) is 41.0 Å². The first-order chi connectivity index (χ1) is 9.81. The Morgan fingerprint density at radius 2 is 2.20 bits per heavy atom. The van der Waals surface area contributed by atoms with Gasteiger partial charge in [0.1, 0.15) is 0 Å². The Hall–Kier alpha value is -1.81. The fraction of sp³-hybridized carbons (Fsp3) is 0.438. The molecule has 2 aromatic rings. The molecule has 2 atom stereocenters. The molecule has 1 aromatic carbocycles. The van der Waals surface area contributed by atoms with Gasteiger partial charge in [0.25, 0.3) is 5.91 Å². The molecule has 0 aliphatic carbocycles. The number of hydrogen-bond acceptors (Lipinski definition) is 2. The van der Waals surface area contributed by atoms with Crippen LogP contribution in [0.5, 0.6) is 0 Å². The minimum atomic E-state index is 0.0619. The molecule has 0 bridgehead atoms. The van der Waals surface area contributed by atoms with Crippen LogP contribution in [0, 0.1) is 0 Å². The number of aromatic nitrogens is 1. The number of amides is 1. The number of benzene rings is 1. The highest BCUT2D eigenvalue weighted by Crippen LogP contribution is 2.28. The van der Waals surface area contributed by atoms with Gasteiger partial charge in [-0.15, -0.1) is 0 Å². The second-order valence-corrected chi connectivity index (χ2v) is 5.89. The molecule has 0 spiro atoms. The standard InChI is InChI=1S/C16H19N3O/c20-16(12-3-4-13-11(10-12)5-7-17-13)18-14-6-9-19-8-1-2-15(14)19/h3-5,7,10,14-15,17H,1-2,6,8-9H2,(H,18,20). The molecule has 0 radical (unpaired) electrons. The summed E-state index contributed by atoms with van der Waals surface area (Å²) < 4.78 is 0. The molecule has 4 heteroatoms. The average Bonchev–Trinajstić information content (AvgIpc) is 3.14. The molecule has 1 aromatic heterocycles. The number of fused-ring (bicyclic) bond motifs is 2. The first-order valence-corrected chi connectivity index (χ1v) is 7.43. The summed E-state index contributed by atoms with van der Waals surface area (Å²) >= 11 is 0. The molecule has 4 nitrogen and oxygen atoms in total. The second kappa shape index (κ2) is 4.63. The van der Waals surface area contributed by atoms with Crippen LogP contribution in [0.4, 0.5) is 0 Å². The van der Waals surface area contributed by atoms with Crippen molar-refractivity contribution in [2.45, 2.75) is 31.3 Å². The van der Waals surface area contributed by atoms with Crippen LogP contribution in [0.2, 0.25) is 0 Å². The minimum Gasteiger partial charge on any atom is -0.361 e. The van der Waals surface area contributed by atoms with Gasteiger partial charge in [-0.05, 0) is 50.1 Å². The summed E-state index contributed by atoms with van der Waals surface area (Å²) in [6.45, 7) is 2.33. The van der Waals surface area contributed by atoms with Crippen molar-refractivity contribution in [3.8, 4) is 0 Å². The van der Waals surface area contributed by atoms with Crippen LogP contribution >= 0.6 is 0 Å². The number of aromatic amines is 1. The molecule has 104 valence electrons. The number of nitrogens with one attached hydrogen (secondary N) is 2. The maximum atomic E-state index is 12.4. The van der Waals surface area contributed by atoms with Gasteiger partial charge in [-0.25, -0.2) is 0 Å². The number of carbonyl (C=O) groups excluding carboxylic acids is 1. The number of nitrogens with zero attached hydrogens (tertiary/aromatic N) is 1. The van der Waals surface area contributed by atoms with E-state index in [1.807, 2.05) is 30.5 Å². The maximum absolute atomic E-state index is 12.4. The Morgan fingerprint density at radius 3 is 3.15 bits per heavy atom. The smallest absolute Gasteiger partial charge is 0.251 e. The van der Waals surface area contributed by atoms with Gasteiger partial charge >= 0.3 is 0 Å². The highest BCUT2D eigenvalue weighted by molar-refractivity contribution is 5.98. The first kappa shape index (κ1) is 12.0. The molecular formula is C16H19N3O. The number of H-pyrrole nitrogens is 1. The molecule has 0 saturated carbocycles. The van der Waals surface area contributed by atoms with E-state index in [1.165, 1.54) is 19.4 Å². The minimum absolute atomic E-state index is 0.0619. The molecular weight excluding hydrogens is 250 g/mol. The molecule has 4 rings (SSSR count). The Kier molecular flexibility index (Phi) is 2.77. The molecule has 2 fully saturated rings. The van der Waals surface area contributed by atoms with Crippen molar-refractivity contribution in [2.24, 2.45) is 0 Å². The summed E-state index contributed by atoms with van der Waals surface area (Å²) in [5.41, 5.74) is 1.83. The number of rotatable bonds is 2. The molecule has 2 unspecified atom stereocenters. The van der Waals surface area contributed by atoms with E-state index >= 15 is 0 Å². The van der Waals surface area contributed by atoms with Crippen molar-refractivity contribution in [1.82, 2.24) is 15.2 Å². The van der Waals surface area contributed by atoms with E-state index in [0.717, 1.165) is 29.4 Å². The van der Waals surface area contributed by atoms with Crippen LogP contribution < -0.4 is 5.32 Å². The van der Waals surface area contributed by atoms with E-state index in [-0.39, 0.29) is 5.91 Å². The Balaban J connectivity index is 1.52. The van der Waals surface area contributed by atoms with Crippen LogP contribution in [0.3, 0.4) is 0 Å². The van der Waals surface area contributed by atoms with E-state index in [0.29, 0.717) is 12.1 Å². The predicted molar refractivity (Wildman–Crippen MR) is 78.8 cm³/mol. The van der Waals surface area contributed by atoms with E-state index < -0.39 is 0 Å². The lowest BCUT2D eigenvalue weighted by atomic mass is 10.1. The third-order valence-corrected chi connectivity index (χ3v) is 4.74. The highest BCUT2D eigenvalue weighted by Gasteiger charge is 2.37. The van der Waals surface area contributed by atoms with Crippen LogP contribution in [0.25, 0.3) is 10.9 Å². The monoisotopic (exact) mass is 269 g/mol. The van der Waals surface area contributed by atoms with Crippen LogP contribution in [0.15, 0.2) is 30.5 Å². The fourth-order valence-corrected chi connectivity index (χ4v) is 3.70. The molecule has 20 heavy (non-hydrogen) atoms. The van der Waals surface area contributed by atoms with Gasteiger partial charge in [-0.2, -0.15) is 0 Å². The van der Waals surface area contributed by atoms with Crippen LogP contribution in [0.1, 0.15) is 29.6 Å². The predicted octanol–water partition coefficient (Wildman–Crippen LogP) is 2.13. The van der Waals surface area contributed by atoms with Gasteiger partial charge in [-0.1, -0.05) is 0 Å². The van der Waals surface area contributed by atoms with Gasteiger partial charge in [-0.3, -0.25) is 9.69 Å². The maximum Gasteiger partial charge on any atom is 0.251 e. The van der Waals surface area contributed by atoms with Crippen LogP contribution in [-0.2, 0) is 0 Å². The average molecular weight is 269 g/mol. The van der Waals surface area contributed by atoms with Gasteiger partial charge in [0.2, 0.25) is 0 Å². The van der Waals surface area contributed by atoms with Crippen molar-refractivity contribution in [3.63, 3.8) is 0 Å². The lowest BCUT2D eigenvalue weighted by molar-refractivity contribution is 0.0929. The van der Waals surface area contributed by atoms with Crippen molar-refractivity contribution < 1.29 is 4.79 Å². The highest BCUT2D eigenvalue weighted by atomic mass is 16.1. The normalized spacial score (nSPS) is 26.0. The number of carbonyl (C=O) groups is 1. The van der Waals surface area contributed by atoms with Gasteiger partial charge in [0.15, 0.2) is 0 Å². The molecule has 2 aliphatic heterocycles. The van der Waals surface area contributed by atoms with Gasteiger partial charge in [0, 0.05) is 41.3 Å². The second-order valence-electron chi connectivity index (χ2n) is 5.89. The summed E-state index contributed by atoms with van der Waals surface area (Å²) in [7, 11) is 0. The van der Waals surface area contributed by atoms with Crippen molar-refractivity contribution in [3.05, 3.63) is 36.0 Å². The Bertz CT molecular complexity index is 648. The molecule has 3 heterocycles. The summed E-state index contributed by atoms with van der Waals surface area (Å²) in [5.74, 6) is 0.0619. The van der Waals surface area contributed by atoms with E-state index in [4.69, 9.17) is 0 Å². The van der Waals surface area contributed by atoms with E-state index in [9.17, 15) is 4.79 Å². The van der Waals surface area contributed by atoms with Gasteiger partial charge < -0.3 is 10.3 Å². The third-order valence-electron chi connectivity index (χ3n) is 4.74. The topological polar surface area (TPSA) is 48.1 Å². The van der Waals surface area contributed by atoms with Gasteiger partial charge in [0.05, 0.1) is 0 Å². The lowest BCUT2D eigenvalue weighted by Gasteiger charge is -2.21. The number of hydrogen-bond donors (Lipinski definition) is 2. The zero-order valence-corrected chi connectivity index (χ0v) is 11.4. The molecule has 2 N–H and O–H groups in total. The Morgan fingerprint density at radius 1 is 1.25 bits per heavy atom. The largest absolute Gasteiger partial charge is 0.361 e. The Labute approximate surface area is 118 Å². The molecule has 2 saturated heterocycles. The quantitative estimate of drug-likeness (QED) is 0.877. The summed E-state index contributed by atoms with van der Waals surface area (Å²) in [5, 5.41) is 4.32.